The molecule has 110 valence electrons. The highest BCUT2D eigenvalue weighted by atomic mass is 35.5. The van der Waals surface area contributed by atoms with Crippen molar-refractivity contribution in [2.24, 2.45) is 4.99 Å². The standard InChI is InChI=1S/C12H16ClN3O4/c1-19-12(20-2)7-14-10(8-16(17)18)5-9-3-4-11(13)15-6-9/h3-4,6,12H,5,7-8H2,1-2H3. The molecule has 0 saturated heterocycles. The SMILES string of the molecule is COC(CN=C(Cc1ccc(Cl)nc1)C[N+](=O)[O-])OC. The molecule has 0 aliphatic heterocycles. The van der Waals surface area contributed by atoms with Gasteiger partial charge in [0.05, 0.1) is 12.3 Å². The average Bonchev–Trinajstić information content (AvgIpc) is 2.41. The second-order valence-corrected chi connectivity index (χ2v) is 4.35. The number of nitro groups is 1. The second kappa shape index (κ2) is 8.57. The summed E-state index contributed by atoms with van der Waals surface area (Å²) in [7, 11) is 2.97. The van der Waals surface area contributed by atoms with Crippen LogP contribution in [-0.2, 0) is 15.9 Å². The fourth-order valence-electron chi connectivity index (χ4n) is 1.51. The van der Waals surface area contributed by atoms with E-state index in [4.69, 9.17) is 21.1 Å². The normalized spacial score (nSPS) is 11.9. The van der Waals surface area contributed by atoms with Crippen LogP contribution in [0.2, 0.25) is 5.15 Å². The first-order valence-corrected chi connectivity index (χ1v) is 6.23. The number of pyridine rings is 1. The maximum Gasteiger partial charge on any atom is 0.241 e. The van der Waals surface area contributed by atoms with Gasteiger partial charge in [-0.2, -0.15) is 0 Å². The third kappa shape index (κ3) is 6.05. The maximum absolute atomic E-state index is 10.7. The van der Waals surface area contributed by atoms with Gasteiger partial charge in [0.15, 0.2) is 6.29 Å². The van der Waals surface area contributed by atoms with Crippen LogP contribution in [0.3, 0.4) is 0 Å². The number of nitrogens with zero attached hydrogens (tertiary/aromatic N) is 3. The van der Waals surface area contributed by atoms with Gasteiger partial charge >= 0.3 is 0 Å². The minimum Gasteiger partial charge on any atom is -0.354 e. The number of hydrogen-bond donors (Lipinski definition) is 0. The van der Waals surface area contributed by atoms with E-state index < -0.39 is 11.2 Å². The first kappa shape index (κ1) is 16.5. The van der Waals surface area contributed by atoms with Crippen molar-refractivity contribution in [2.45, 2.75) is 12.7 Å². The van der Waals surface area contributed by atoms with E-state index in [9.17, 15) is 10.1 Å². The smallest absolute Gasteiger partial charge is 0.241 e. The zero-order valence-electron chi connectivity index (χ0n) is 11.3. The topological polar surface area (TPSA) is 86.9 Å². The molecule has 0 spiro atoms. The Labute approximate surface area is 121 Å². The molecule has 20 heavy (non-hydrogen) atoms. The van der Waals surface area contributed by atoms with Gasteiger partial charge in [-0.05, 0) is 11.6 Å². The Morgan fingerprint density at radius 3 is 2.70 bits per heavy atom. The average molecular weight is 302 g/mol. The molecule has 0 N–H and O–H groups in total. The maximum atomic E-state index is 10.7. The summed E-state index contributed by atoms with van der Waals surface area (Å²) in [5.74, 6) is 0. The first-order chi connectivity index (χ1) is 9.55. The van der Waals surface area contributed by atoms with Gasteiger partial charge in [-0.15, -0.1) is 0 Å². The Kier molecular flexibility index (Phi) is 7.06. The first-order valence-electron chi connectivity index (χ1n) is 5.85. The van der Waals surface area contributed by atoms with Crippen LogP contribution >= 0.6 is 11.6 Å². The summed E-state index contributed by atoms with van der Waals surface area (Å²) in [5.41, 5.74) is 1.24. The van der Waals surface area contributed by atoms with Crippen molar-refractivity contribution < 1.29 is 14.4 Å². The molecule has 1 aromatic heterocycles. The molecule has 0 atom stereocenters. The Balaban J connectivity index is 2.75. The van der Waals surface area contributed by atoms with Crippen molar-refractivity contribution in [2.75, 3.05) is 27.3 Å². The number of aliphatic imine (C=N–C) groups is 1. The fraction of sp³-hybridized carbons (Fsp3) is 0.500. The van der Waals surface area contributed by atoms with Gasteiger partial charge < -0.3 is 9.47 Å². The van der Waals surface area contributed by atoms with E-state index >= 15 is 0 Å². The lowest BCUT2D eigenvalue weighted by molar-refractivity contribution is -0.463. The Morgan fingerprint density at radius 2 is 2.20 bits per heavy atom. The molecule has 0 unspecified atom stereocenters. The van der Waals surface area contributed by atoms with Gasteiger partial charge in [0.2, 0.25) is 6.54 Å². The molecule has 0 amide bonds. The number of aromatic nitrogens is 1. The van der Waals surface area contributed by atoms with Gasteiger partial charge in [-0.3, -0.25) is 15.1 Å². The van der Waals surface area contributed by atoms with E-state index in [-0.39, 0.29) is 13.1 Å². The number of hydrogen-bond acceptors (Lipinski definition) is 6. The lowest BCUT2D eigenvalue weighted by Crippen LogP contribution is -2.22. The minimum atomic E-state index is -0.514. The Hall–Kier alpha value is -1.57. The van der Waals surface area contributed by atoms with Crippen LogP contribution in [0.1, 0.15) is 5.56 Å². The van der Waals surface area contributed by atoms with Gasteiger partial charge in [-0.25, -0.2) is 4.98 Å². The highest BCUT2D eigenvalue weighted by Crippen LogP contribution is 2.07. The Bertz CT molecular complexity index is 460. The summed E-state index contributed by atoms with van der Waals surface area (Å²) in [5, 5.41) is 11.0. The van der Waals surface area contributed by atoms with E-state index in [1.807, 2.05) is 0 Å². The van der Waals surface area contributed by atoms with E-state index in [0.29, 0.717) is 17.3 Å². The summed E-state index contributed by atoms with van der Waals surface area (Å²) in [6.45, 7) is -0.125. The van der Waals surface area contributed by atoms with Crippen LogP contribution in [0.5, 0.6) is 0 Å². The molecule has 0 fully saturated rings. The van der Waals surface area contributed by atoms with Crippen molar-refractivity contribution in [3.63, 3.8) is 0 Å². The van der Waals surface area contributed by atoms with Gasteiger partial charge in [0.1, 0.15) is 5.15 Å². The van der Waals surface area contributed by atoms with E-state index in [0.717, 1.165) is 5.56 Å². The highest BCUT2D eigenvalue weighted by Gasteiger charge is 2.11. The molecule has 0 radical (unpaired) electrons. The van der Waals surface area contributed by atoms with E-state index in [2.05, 4.69) is 9.98 Å². The molecule has 0 bridgehead atoms. The van der Waals surface area contributed by atoms with Crippen molar-refractivity contribution in [3.8, 4) is 0 Å². The number of ether oxygens (including phenoxy) is 2. The van der Waals surface area contributed by atoms with Crippen LogP contribution in [0.4, 0.5) is 0 Å². The molecular formula is C12H16ClN3O4. The summed E-state index contributed by atoms with van der Waals surface area (Å²) >= 11 is 5.69. The zero-order valence-corrected chi connectivity index (χ0v) is 12.0. The number of rotatable bonds is 8. The predicted molar refractivity (Wildman–Crippen MR) is 74.9 cm³/mol. The summed E-state index contributed by atoms with van der Waals surface area (Å²) in [6, 6.07) is 3.39. The van der Waals surface area contributed by atoms with Crippen LogP contribution < -0.4 is 0 Å². The van der Waals surface area contributed by atoms with Crippen molar-refractivity contribution in [3.05, 3.63) is 39.2 Å². The molecule has 7 nitrogen and oxygen atoms in total. The number of halogens is 1. The predicted octanol–water partition coefficient (Wildman–Crippen LogP) is 1.61. The lowest BCUT2D eigenvalue weighted by atomic mass is 10.1. The summed E-state index contributed by atoms with van der Waals surface area (Å²) < 4.78 is 9.98. The van der Waals surface area contributed by atoms with Gasteiger partial charge in [0.25, 0.3) is 0 Å². The monoisotopic (exact) mass is 301 g/mol. The van der Waals surface area contributed by atoms with Crippen LogP contribution in [0.15, 0.2) is 23.3 Å². The van der Waals surface area contributed by atoms with Crippen LogP contribution in [0, 0.1) is 10.1 Å². The summed E-state index contributed by atoms with van der Waals surface area (Å²) in [6.07, 6.45) is 1.40. The molecule has 0 saturated carbocycles. The van der Waals surface area contributed by atoms with Crippen LogP contribution in [-0.4, -0.2) is 49.2 Å². The second-order valence-electron chi connectivity index (χ2n) is 3.96. The third-order valence-corrected chi connectivity index (χ3v) is 2.72. The molecule has 1 aromatic rings. The minimum absolute atomic E-state index is 0.206. The molecule has 0 aliphatic carbocycles. The molecule has 1 rings (SSSR count). The third-order valence-electron chi connectivity index (χ3n) is 2.50. The van der Waals surface area contributed by atoms with Crippen molar-refractivity contribution >= 4 is 17.3 Å². The van der Waals surface area contributed by atoms with E-state index in [1.165, 1.54) is 14.2 Å². The van der Waals surface area contributed by atoms with E-state index in [1.54, 1.807) is 18.3 Å². The Morgan fingerprint density at radius 1 is 1.50 bits per heavy atom. The molecule has 0 aliphatic rings. The van der Waals surface area contributed by atoms with Gasteiger partial charge in [0, 0.05) is 31.8 Å². The van der Waals surface area contributed by atoms with Crippen LogP contribution in [0.25, 0.3) is 0 Å². The number of methoxy groups -OCH3 is 2. The molecule has 1 heterocycles. The quantitative estimate of drug-likeness (QED) is 0.239. The lowest BCUT2D eigenvalue weighted by Gasteiger charge is -2.11. The summed E-state index contributed by atoms with van der Waals surface area (Å²) in [4.78, 5) is 18.4. The van der Waals surface area contributed by atoms with Crippen molar-refractivity contribution in [1.29, 1.82) is 0 Å². The zero-order chi connectivity index (χ0) is 15.0. The van der Waals surface area contributed by atoms with Crippen molar-refractivity contribution in [1.82, 2.24) is 4.98 Å². The molecule has 8 heteroatoms. The fourth-order valence-corrected chi connectivity index (χ4v) is 1.62. The largest absolute Gasteiger partial charge is 0.354 e. The molecule has 0 aromatic carbocycles. The highest BCUT2D eigenvalue weighted by molar-refractivity contribution is 6.29. The van der Waals surface area contributed by atoms with Gasteiger partial charge in [-0.1, -0.05) is 17.7 Å². The molecular weight excluding hydrogens is 286 g/mol.